The maximum atomic E-state index is 12.1. The maximum Gasteiger partial charge on any atom is 0.231 e. The topological polar surface area (TPSA) is 59.3 Å². The summed E-state index contributed by atoms with van der Waals surface area (Å²) in [6, 6.07) is 14.2. The van der Waals surface area contributed by atoms with Gasteiger partial charge in [-0.1, -0.05) is 18.2 Å². The maximum absolute atomic E-state index is 12.1. The van der Waals surface area contributed by atoms with E-state index < -0.39 is 0 Å². The highest BCUT2D eigenvalue weighted by molar-refractivity contribution is 6.07. The summed E-state index contributed by atoms with van der Waals surface area (Å²) in [4.78, 5) is 12.1. The molecule has 21 heavy (non-hydrogen) atoms. The van der Waals surface area contributed by atoms with Gasteiger partial charge in [-0.05, 0) is 42.0 Å². The lowest BCUT2D eigenvalue weighted by Gasteiger charge is -1.99. The van der Waals surface area contributed by atoms with Crippen molar-refractivity contribution in [3.8, 4) is 17.6 Å². The molecular formula is C17H11NO3. The van der Waals surface area contributed by atoms with Gasteiger partial charge in [0.1, 0.15) is 0 Å². The van der Waals surface area contributed by atoms with Gasteiger partial charge in [0, 0.05) is 5.56 Å². The van der Waals surface area contributed by atoms with Crippen LogP contribution >= 0.6 is 0 Å². The van der Waals surface area contributed by atoms with E-state index in [1.54, 1.807) is 42.5 Å². The van der Waals surface area contributed by atoms with Crippen molar-refractivity contribution in [2.75, 3.05) is 6.79 Å². The van der Waals surface area contributed by atoms with E-state index in [9.17, 15) is 4.79 Å². The van der Waals surface area contributed by atoms with Crippen LogP contribution in [0.5, 0.6) is 11.5 Å². The summed E-state index contributed by atoms with van der Waals surface area (Å²) in [7, 11) is 0. The zero-order valence-corrected chi connectivity index (χ0v) is 11.1. The normalized spacial score (nSPS) is 12.3. The number of nitriles is 1. The number of hydrogen-bond donors (Lipinski definition) is 0. The number of allylic oxidation sites excluding steroid dienone is 1. The smallest absolute Gasteiger partial charge is 0.231 e. The number of carbonyl (C=O) groups excluding carboxylic acids is 1. The highest BCUT2D eigenvalue weighted by Crippen LogP contribution is 2.32. The molecule has 3 rings (SSSR count). The molecule has 0 radical (unpaired) electrons. The third-order valence-electron chi connectivity index (χ3n) is 3.10. The van der Waals surface area contributed by atoms with Crippen molar-refractivity contribution in [1.29, 1.82) is 5.26 Å². The predicted octanol–water partition coefficient (Wildman–Crippen LogP) is 3.18. The van der Waals surface area contributed by atoms with Crippen LogP contribution in [0.1, 0.15) is 21.5 Å². The second-order valence-electron chi connectivity index (χ2n) is 4.50. The average Bonchev–Trinajstić information content (AvgIpc) is 3.00. The van der Waals surface area contributed by atoms with E-state index in [0.29, 0.717) is 22.6 Å². The fraction of sp³-hybridized carbons (Fsp3) is 0.0588. The molecule has 2 aromatic rings. The lowest BCUT2D eigenvalue weighted by molar-refractivity contribution is 0.104. The number of rotatable bonds is 3. The SMILES string of the molecule is N#Cc1cccc(C=CC(=O)c2ccc3c(c2)OCO3)c1. The zero-order valence-electron chi connectivity index (χ0n) is 11.1. The van der Waals surface area contributed by atoms with Gasteiger partial charge >= 0.3 is 0 Å². The van der Waals surface area contributed by atoms with Gasteiger partial charge in [0.25, 0.3) is 0 Å². The molecule has 0 atom stereocenters. The van der Waals surface area contributed by atoms with Crippen LogP contribution in [0.25, 0.3) is 6.08 Å². The van der Waals surface area contributed by atoms with E-state index in [1.807, 2.05) is 6.07 Å². The van der Waals surface area contributed by atoms with Crippen LogP contribution in [-0.2, 0) is 0 Å². The molecule has 0 saturated heterocycles. The minimum absolute atomic E-state index is 0.129. The number of fused-ring (bicyclic) bond motifs is 1. The van der Waals surface area contributed by atoms with Crippen molar-refractivity contribution in [1.82, 2.24) is 0 Å². The third-order valence-corrected chi connectivity index (χ3v) is 3.10. The molecule has 1 heterocycles. The number of ketones is 1. The minimum Gasteiger partial charge on any atom is -0.454 e. The van der Waals surface area contributed by atoms with E-state index >= 15 is 0 Å². The van der Waals surface area contributed by atoms with Crippen LogP contribution in [0.4, 0.5) is 0 Å². The first-order chi connectivity index (χ1) is 10.3. The van der Waals surface area contributed by atoms with Crippen molar-refractivity contribution in [2.24, 2.45) is 0 Å². The first kappa shape index (κ1) is 12.9. The number of ether oxygens (including phenoxy) is 2. The Balaban J connectivity index is 1.79. The van der Waals surface area contributed by atoms with Crippen molar-refractivity contribution in [2.45, 2.75) is 0 Å². The summed E-state index contributed by atoms with van der Waals surface area (Å²) in [5.41, 5.74) is 1.91. The Hall–Kier alpha value is -3.06. The molecule has 4 heteroatoms. The highest BCUT2D eigenvalue weighted by Gasteiger charge is 2.14. The Bertz CT molecular complexity index is 772. The zero-order chi connectivity index (χ0) is 14.7. The van der Waals surface area contributed by atoms with Crippen LogP contribution in [0.2, 0.25) is 0 Å². The molecule has 0 aromatic heterocycles. The molecular weight excluding hydrogens is 266 g/mol. The van der Waals surface area contributed by atoms with Crippen LogP contribution < -0.4 is 9.47 Å². The van der Waals surface area contributed by atoms with Crippen LogP contribution in [0.15, 0.2) is 48.5 Å². The highest BCUT2D eigenvalue weighted by atomic mass is 16.7. The standard InChI is InChI=1S/C17H11NO3/c18-10-13-3-1-2-12(8-13)4-6-15(19)14-5-7-16-17(9-14)21-11-20-16/h1-9H,11H2. The second-order valence-corrected chi connectivity index (χ2v) is 4.50. The average molecular weight is 277 g/mol. The molecule has 1 aliphatic heterocycles. The number of benzene rings is 2. The van der Waals surface area contributed by atoms with E-state index in [1.165, 1.54) is 6.08 Å². The fourth-order valence-electron chi connectivity index (χ4n) is 2.03. The Morgan fingerprint density at radius 3 is 2.86 bits per heavy atom. The first-order valence-electron chi connectivity index (χ1n) is 6.38. The summed E-state index contributed by atoms with van der Waals surface area (Å²) in [5.74, 6) is 1.11. The lowest BCUT2D eigenvalue weighted by atomic mass is 10.1. The van der Waals surface area contributed by atoms with E-state index in [4.69, 9.17) is 14.7 Å². The van der Waals surface area contributed by atoms with Crippen molar-refractivity contribution < 1.29 is 14.3 Å². The van der Waals surface area contributed by atoms with Crippen molar-refractivity contribution in [3.63, 3.8) is 0 Å². The molecule has 4 nitrogen and oxygen atoms in total. The molecule has 0 aliphatic carbocycles. The summed E-state index contributed by atoms with van der Waals surface area (Å²) in [6.45, 7) is 0.184. The summed E-state index contributed by atoms with van der Waals surface area (Å²) in [6.07, 6.45) is 3.17. The van der Waals surface area contributed by atoms with Crippen molar-refractivity contribution in [3.05, 3.63) is 65.2 Å². The predicted molar refractivity (Wildman–Crippen MR) is 77.1 cm³/mol. The summed E-state index contributed by atoms with van der Waals surface area (Å²) >= 11 is 0. The third kappa shape index (κ3) is 2.77. The van der Waals surface area contributed by atoms with E-state index in [-0.39, 0.29) is 12.6 Å². The molecule has 2 aromatic carbocycles. The van der Waals surface area contributed by atoms with Gasteiger partial charge in [-0.25, -0.2) is 0 Å². The van der Waals surface area contributed by atoms with Crippen molar-refractivity contribution >= 4 is 11.9 Å². The van der Waals surface area contributed by atoms with Crippen LogP contribution in [-0.4, -0.2) is 12.6 Å². The van der Waals surface area contributed by atoms with Gasteiger partial charge in [-0.2, -0.15) is 5.26 Å². The molecule has 0 saturated carbocycles. The van der Waals surface area contributed by atoms with Gasteiger partial charge in [0.05, 0.1) is 11.6 Å². The van der Waals surface area contributed by atoms with Gasteiger partial charge in [-0.3, -0.25) is 4.79 Å². The molecule has 0 N–H and O–H groups in total. The molecule has 0 spiro atoms. The fourth-order valence-corrected chi connectivity index (χ4v) is 2.03. The Kier molecular flexibility index (Phi) is 3.40. The minimum atomic E-state index is -0.129. The quantitative estimate of drug-likeness (QED) is 0.638. The Morgan fingerprint density at radius 2 is 2.00 bits per heavy atom. The largest absolute Gasteiger partial charge is 0.454 e. The Morgan fingerprint density at radius 1 is 1.14 bits per heavy atom. The molecule has 102 valence electrons. The second kappa shape index (κ2) is 5.51. The monoisotopic (exact) mass is 277 g/mol. The van der Waals surface area contributed by atoms with Gasteiger partial charge < -0.3 is 9.47 Å². The molecule has 0 bridgehead atoms. The van der Waals surface area contributed by atoms with Gasteiger partial charge in [0.2, 0.25) is 6.79 Å². The molecule has 0 unspecified atom stereocenters. The van der Waals surface area contributed by atoms with Gasteiger partial charge in [0.15, 0.2) is 17.3 Å². The number of nitrogens with zero attached hydrogens (tertiary/aromatic N) is 1. The van der Waals surface area contributed by atoms with Crippen LogP contribution in [0, 0.1) is 11.3 Å². The summed E-state index contributed by atoms with van der Waals surface area (Å²) < 4.78 is 10.5. The number of carbonyl (C=O) groups is 1. The number of hydrogen-bond acceptors (Lipinski definition) is 4. The lowest BCUT2D eigenvalue weighted by Crippen LogP contribution is -1.94. The van der Waals surface area contributed by atoms with E-state index in [0.717, 1.165) is 5.56 Å². The summed E-state index contributed by atoms with van der Waals surface area (Å²) in [5, 5.41) is 8.84. The van der Waals surface area contributed by atoms with E-state index in [2.05, 4.69) is 6.07 Å². The Labute approximate surface area is 121 Å². The molecule has 1 aliphatic rings. The van der Waals surface area contributed by atoms with Gasteiger partial charge in [-0.15, -0.1) is 0 Å². The molecule has 0 amide bonds. The first-order valence-corrected chi connectivity index (χ1v) is 6.38. The molecule has 0 fully saturated rings. The van der Waals surface area contributed by atoms with Crippen LogP contribution in [0.3, 0.4) is 0 Å².